The molecule has 0 rings (SSSR count). The van der Waals surface area contributed by atoms with Crippen LogP contribution in [0.1, 0.15) is 26.2 Å². The maximum absolute atomic E-state index is 5.43. The first-order valence-electron chi connectivity index (χ1n) is 6.29. The molecule has 0 aliphatic rings. The van der Waals surface area contributed by atoms with E-state index >= 15 is 0 Å². The van der Waals surface area contributed by atoms with Gasteiger partial charge in [-0.05, 0) is 32.9 Å². The fourth-order valence-corrected chi connectivity index (χ4v) is 1.18. The third-order valence-corrected chi connectivity index (χ3v) is 2.01. The predicted molar refractivity (Wildman–Crippen MR) is 65.9 cm³/mol. The molecule has 0 bridgehead atoms. The average Bonchev–Trinajstić information content (AvgIpc) is 2.31. The molecule has 0 aromatic rings. The minimum Gasteiger partial charge on any atom is -0.381 e. The number of hydrogen-bond acceptors (Lipinski definition) is 4. The standard InChI is InChI=1S/C12H27NO3/c1-3-7-14-11-12-16-10-5-9-15-8-4-6-13-2/h13H,3-12H2,1-2H3. The molecule has 0 radical (unpaired) electrons. The second-order valence-corrected chi connectivity index (χ2v) is 3.65. The van der Waals surface area contributed by atoms with E-state index in [1.54, 1.807) is 0 Å². The summed E-state index contributed by atoms with van der Waals surface area (Å²) in [5, 5.41) is 3.08. The normalized spacial score (nSPS) is 10.9. The Morgan fingerprint density at radius 2 is 1.31 bits per heavy atom. The summed E-state index contributed by atoms with van der Waals surface area (Å²) in [5.74, 6) is 0. The van der Waals surface area contributed by atoms with Gasteiger partial charge in [0.25, 0.3) is 0 Å². The SMILES string of the molecule is CCCOCCOCCCOCCCNC. The van der Waals surface area contributed by atoms with Crippen molar-refractivity contribution in [1.29, 1.82) is 0 Å². The van der Waals surface area contributed by atoms with Gasteiger partial charge in [-0.25, -0.2) is 0 Å². The summed E-state index contributed by atoms with van der Waals surface area (Å²) < 4.78 is 16.1. The van der Waals surface area contributed by atoms with Gasteiger partial charge in [0, 0.05) is 26.4 Å². The van der Waals surface area contributed by atoms with Crippen molar-refractivity contribution in [2.45, 2.75) is 26.2 Å². The zero-order valence-electron chi connectivity index (χ0n) is 10.8. The molecule has 1 N–H and O–H groups in total. The molecular weight excluding hydrogens is 206 g/mol. The van der Waals surface area contributed by atoms with Crippen LogP contribution in [0.5, 0.6) is 0 Å². The van der Waals surface area contributed by atoms with Crippen LogP contribution in [0.2, 0.25) is 0 Å². The van der Waals surface area contributed by atoms with E-state index in [0.29, 0.717) is 13.2 Å². The Kier molecular flexibility index (Phi) is 14.7. The van der Waals surface area contributed by atoms with E-state index < -0.39 is 0 Å². The molecule has 0 fully saturated rings. The molecule has 4 heteroatoms. The van der Waals surface area contributed by atoms with E-state index in [1.807, 2.05) is 7.05 Å². The number of hydrogen-bond donors (Lipinski definition) is 1. The van der Waals surface area contributed by atoms with E-state index in [2.05, 4.69) is 12.2 Å². The van der Waals surface area contributed by atoms with E-state index in [4.69, 9.17) is 14.2 Å². The Balaban J connectivity index is 2.83. The highest BCUT2D eigenvalue weighted by Crippen LogP contribution is 1.88. The number of rotatable bonds is 13. The third kappa shape index (κ3) is 13.8. The molecule has 0 aliphatic heterocycles. The molecule has 0 aromatic carbocycles. The summed E-state index contributed by atoms with van der Waals surface area (Å²) in [4.78, 5) is 0. The summed E-state index contributed by atoms with van der Waals surface area (Å²) in [6, 6.07) is 0. The van der Waals surface area contributed by atoms with Gasteiger partial charge < -0.3 is 19.5 Å². The van der Waals surface area contributed by atoms with Crippen molar-refractivity contribution in [2.24, 2.45) is 0 Å². The lowest BCUT2D eigenvalue weighted by molar-refractivity contribution is 0.0357. The summed E-state index contributed by atoms with van der Waals surface area (Å²) >= 11 is 0. The molecule has 0 saturated carbocycles. The lowest BCUT2D eigenvalue weighted by Crippen LogP contribution is -2.11. The van der Waals surface area contributed by atoms with Crippen LogP contribution in [-0.4, -0.2) is 53.2 Å². The van der Waals surface area contributed by atoms with Crippen molar-refractivity contribution in [2.75, 3.05) is 53.2 Å². The van der Waals surface area contributed by atoms with Crippen molar-refractivity contribution in [3.63, 3.8) is 0 Å². The van der Waals surface area contributed by atoms with E-state index in [9.17, 15) is 0 Å². The summed E-state index contributed by atoms with van der Waals surface area (Å²) in [5.41, 5.74) is 0. The van der Waals surface area contributed by atoms with Crippen LogP contribution in [-0.2, 0) is 14.2 Å². The topological polar surface area (TPSA) is 39.7 Å². The summed E-state index contributed by atoms with van der Waals surface area (Å²) in [6.07, 6.45) is 3.11. The molecule has 98 valence electrons. The minimum atomic E-state index is 0.694. The molecule has 0 aliphatic carbocycles. The summed E-state index contributed by atoms with van der Waals surface area (Å²) in [6.45, 7) is 7.74. The van der Waals surface area contributed by atoms with Crippen LogP contribution < -0.4 is 5.32 Å². The first-order chi connectivity index (χ1) is 7.91. The van der Waals surface area contributed by atoms with E-state index in [1.165, 1.54) is 0 Å². The Morgan fingerprint density at radius 1 is 0.750 bits per heavy atom. The quantitative estimate of drug-likeness (QED) is 0.489. The molecule has 0 aromatic heterocycles. The fourth-order valence-electron chi connectivity index (χ4n) is 1.18. The highest BCUT2D eigenvalue weighted by Gasteiger charge is 1.91. The van der Waals surface area contributed by atoms with Crippen molar-refractivity contribution in [1.82, 2.24) is 5.32 Å². The van der Waals surface area contributed by atoms with Crippen LogP contribution in [0, 0.1) is 0 Å². The number of ether oxygens (including phenoxy) is 3. The smallest absolute Gasteiger partial charge is 0.0700 e. The van der Waals surface area contributed by atoms with Crippen LogP contribution in [0.25, 0.3) is 0 Å². The first-order valence-corrected chi connectivity index (χ1v) is 6.29. The predicted octanol–water partition coefficient (Wildman–Crippen LogP) is 1.45. The average molecular weight is 233 g/mol. The van der Waals surface area contributed by atoms with Gasteiger partial charge in [0.05, 0.1) is 13.2 Å². The van der Waals surface area contributed by atoms with E-state index in [-0.39, 0.29) is 0 Å². The maximum atomic E-state index is 5.43. The van der Waals surface area contributed by atoms with Gasteiger partial charge in [-0.15, -0.1) is 0 Å². The molecule has 0 amide bonds. The number of nitrogens with one attached hydrogen (secondary N) is 1. The van der Waals surface area contributed by atoms with Gasteiger partial charge in [-0.2, -0.15) is 0 Å². The lowest BCUT2D eigenvalue weighted by Gasteiger charge is -2.06. The van der Waals surface area contributed by atoms with Crippen molar-refractivity contribution in [3.05, 3.63) is 0 Å². The molecule has 0 saturated heterocycles. The van der Waals surface area contributed by atoms with Crippen molar-refractivity contribution in [3.8, 4) is 0 Å². The van der Waals surface area contributed by atoms with Crippen LogP contribution in [0.15, 0.2) is 0 Å². The van der Waals surface area contributed by atoms with Gasteiger partial charge in [0.15, 0.2) is 0 Å². The highest BCUT2D eigenvalue weighted by molar-refractivity contribution is 4.40. The molecule has 16 heavy (non-hydrogen) atoms. The molecular formula is C12H27NO3. The first kappa shape index (κ1) is 15.8. The van der Waals surface area contributed by atoms with Crippen molar-refractivity contribution < 1.29 is 14.2 Å². The zero-order valence-corrected chi connectivity index (χ0v) is 10.8. The molecule has 0 unspecified atom stereocenters. The Hall–Kier alpha value is -0.160. The molecule has 0 spiro atoms. The van der Waals surface area contributed by atoms with Crippen LogP contribution in [0.4, 0.5) is 0 Å². The van der Waals surface area contributed by atoms with Gasteiger partial charge in [-0.3, -0.25) is 0 Å². The van der Waals surface area contributed by atoms with Crippen LogP contribution in [0.3, 0.4) is 0 Å². The third-order valence-electron chi connectivity index (χ3n) is 2.01. The largest absolute Gasteiger partial charge is 0.381 e. The molecule has 0 atom stereocenters. The van der Waals surface area contributed by atoms with Gasteiger partial charge in [0.1, 0.15) is 0 Å². The lowest BCUT2D eigenvalue weighted by atomic mass is 10.4. The molecule has 0 heterocycles. The Labute approximate surface area is 99.6 Å². The molecule has 4 nitrogen and oxygen atoms in total. The summed E-state index contributed by atoms with van der Waals surface area (Å²) in [7, 11) is 1.95. The van der Waals surface area contributed by atoms with E-state index in [0.717, 1.165) is 52.2 Å². The monoisotopic (exact) mass is 233 g/mol. The fraction of sp³-hybridized carbons (Fsp3) is 1.00. The van der Waals surface area contributed by atoms with Crippen molar-refractivity contribution >= 4 is 0 Å². The van der Waals surface area contributed by atoms with Gasteiger partial charge in [0.2, 0.25) is 0 Å². The van der Waals surface area contributed by atoms with Gasteiger partial charge >= 0.3 is 0 Å². The zero-order chi connectivity index (χ0) is 11.9. The Morgan fingerprint density at radius 3 is 1.94 bits per heavy atom. The van der Waals surface area contributed by atoms with Gasteiger partial charge in [-0.1, -0.05) is 6.92 Å². The highest BCUT2D eigenvalue weighted by atomic mass is 16.5. The second-order valence-electron chi connectivity index (χ2n) is 3.65. The second kappa shape index (κ2) is 14.8. The minimum absolute atomic E-state index is 0.694. The van der Waals surface area contributed by atoms with Crippen LogP contribution >= 0.6 is 0 Å². The maximum Gasteiger partial charge on any atom is 0.0700 e. The Bertz CT molecular complexity index is 109.